The number of fused-ring (bicyclic) bond motifs is 1. The Morgan fingerprint density at radius 2 is 1.83 bits per heavy atom. The van der Waals surface area contributed by atoms with E-state index in [0.29, 0.717) is 6.42 Å². The van der Waals surface area contributed by atoms with Gasteiger partial charge in [-0.25, -0.2) is 4.57 Å². The molecule has 0 N–H and O–H groups in total. The zero-order valence-corrected chi connectivity index (χ0v) is 14.9. The first-order valence-corrected chi connectivity index (χ1v) is 8.17. The van der Waals surface area contributed by atoms with Crippen LogP contribution >= 0.6 is 0 Å². The molecule has 3 rings (SSSR count). The third-order valence-corrected chi connectivity index (χ3v) is 4.25. The molecule has 3 nitrogen and oxygen atoms in total. The normalized spacial score (nSPS) is 13.1. The number of benzene rings is 1. The fraction of sp³-hybridized carbons (Fsp3) is 0.368. The van der Waals surface area contributed by atoms with Crippen molar-refractivity contribution in [3.63, 3.8) is 0 Å². The number of carbonyl (C=O) groups excluding carboxylic acids is 1. The number of anilines is 1. The van der Waals surface area contributed by atoms with Gasteiger partial charge in [0, 0.05) is 37.2 Å². The average molecular weight is 375 g/mol. The van der Waals surface area contributed by atoms with Gasteiger partial charge in [-0.15, -0.1) is 0 Å². The van der Waals surface area contributed by atoms with E-state index in [0.717, 1.165) is 44.5 Å². The van der Waals surface area contributed by atoms with Gasteiger partial charge in [-0.05, 0) is 30.9 Å². The van der Waals surface area contributed by atoms with E-state index in [2.05, 4.69) is 35.2 Å². The highest BCUT2D eigenvalue weighted by Crippen LogP contribution is 2.27. The predicted molar refractivity (Wildman–Crippen MR) is 87.6 cm³/mol. The highest BCUT2D eigenvalue weighted by molar-refractivity contribution is 5.94. The summed E-state index contributed by atoms with van der Waals surface area (Å²) in [7, 11) is 0. The van der Waals surface area contributed by atoms with Gasteiger partial charge in [-0.2, -0.15) is 0 Å². The second-order valence-electron chi connectivity index (χ2n) is 5.85. The van der Waals surface area contributed by atoms with E-state index in [1.807, 2.05) is 29.2 Å². The van der Waals surface area contributed by atoms with Crippen LogP contribution in [0.5, 0.6) is 0 Å². The molecule has 1 aliphatic rings. The third-order valence-electron chi connectivity index (χ3n) is 4.25. The molecule has 0 saturated carbocycles. The zero-order chi connectivity index (χ0) is 15.2. The number of carbonyl (C=O) groups is 1. The quantitative estimate of drug-likeness (QED) is 0.539. The lowest BCUT2D eigenvalue weighted by Crippen LogP contribution is -3.00. The first-order valence-electron chi connectivity index (χ1n) is 8.17. The highest BCUT2D eigenvalue weighted by Gasteiger charge is 2.21. The summed E-state index contributed by atoms with van der Waals surface area (Å²) < 4.78 is 2.17. The van der Waals surface area contributed by atoms with Gasteiger partial charge in [0.25, 0.3) is 0 Å². The Hall–Kier alpha value is -1.68. The predicted octanol–water partition coefficient (Wildman–Crippen LogP) is 0.128. The number of pyridine rings is 1. The van der Waals surface area contributed by atoms with Gasteiger partial charge in [0.05, 0.1) is 0 Å². The van der Waals surface area contributed by atoms with Gasteiger partial charge in [-0.1, -0.05) is 24.3 Å². The average Bonchev–Trinajstić information content (AvgIpc) is 2.59. The molecule has 0 unspecified atom stereocenters. The van der Waals surface area contributed by atoms with E-state index in [1.165, 1.54) is 5.56 Å². The van der Waals surface area contributed by atoms with E-state index in [4.69, 9.17) is 0 Å². The van der Waals surface area contributed by atoms with E-state index < -0.39 is 0 Å². The van der Waals surface area contributed by atoms with Crippen LogP contribution in [0.3, 0.4) is 0 Å². The molecule has 1 aromatic heterocycles. The van der Waals surface area contributed by atoms with E-state index >= 15 is 0 Å². The van der Waals surface area contributed by atoms with Gasteiger partial charge < -0.3 is 21.9 Å². The Kier molecular flexibility index (Phi) is 6.78. The van der Waals surface area contributed by atoms with Crippen LogP contribution in [0.25, 0.3) is 0 Å². The van der Waals surface area contributed by atoms with Crippen LogP contribution in [0, 0.1) is 0 Å². The third kappa shape index (κ3) is 4.64. The summed E-state index contributed by atoms with van der Waals surface area (Å²) in [6, 6.07) is 14.4. The monoisotopic (exact) mass is 374 g/mol. The Labute approximate surface area is 148 Å². The number of unbranched alkanes of at least 4 members (excludes halogenated alkanes) is 1. The molecule has 1 aromatic carbocycles. The fourth-order valence-electron chi connectivity index (χ4n) is 3.08. The summed E-state index contributed by atoms with van der Waals surface area (Å²) in [5, 5.41) is 0. The molecule has 0 spiro atoms. The zero-order valence-electron chi connectivity index (χ0n) is 13.3. The maximum absolute atomic E-state index is 12.5. The molecule has 0 fully saturated rings. The van der Waals surface area contributed by atoms with E-state index in [-0.39, 0.29) is 22.9 Å². The molecular formula is C19H23BrN2O. The summed E-state index contributed by atoms with van der Waals surface area (Å²) in [6.45, 7) is 1.84. The molecule has 2 heterocycles. The van der Waals surface area contributed by atoms with Crippen molar-refractivity contribution >= 4 is 11.6 Å². The highest BCUT2D eigenvalue weighted by atomic mass is 79.9. The van der Waals surface area contributed by atoms with Gasteiger partial charge in [0.2, 0.25) is 5.91 Å². The van der Waals surface area contributed by atoms with Gasteiger partial charge in [0.1, 0.15) is 6.54 Å². The lowest BCUT2D eigenvalue weighted by molar-refractivity contribution is -0.697. The minimum atomic E-state index is 0. The molecule has 2 aromatic rings. The standard InChI is InChI=1S/C19H23N2O.BrH/c22-19(12-4-7-15-20-13-5-1-6-14-20)21-16-8-10-17-9-2-3-11-18(17)21;/h1-3,5-6,9,11,13-14H,4,7-8,10,12,15-16H2;1H/q+1;/p-1. The molecule has 0 atom stereocenters. The van der Waals surface area contributed by atoms with Crippen molar-refractivity contribution in [2.24, 2.45) is 0 Å². The molecule has 1 amide bonds. The molecule has 0 bridgehead atoms. The van der Waals surface area contributed by atoms with Gasteiger partial charge in [0.15, 0.2) is 12.4 Å². The number of nitrogens with zero attached hydrogens (tertiary/aromatic N) is 2. The fourth-order valence-corrected chi connectivity index (χ4v) is 3.08. The second-order valence-corrected chi connectivity index (χ2v) is 5.85. The number of aromatic nitrogens is 1. The smallest absolute Gasteiger partial charge is 0.226 e. The van der Waals surface area contributed by atoms with Crippen LogP contribution in [-0.2, 0) is 17.8 Å². The van der Waals surface area contributed by atoms with Crippen molar-refractivity contribution in [2.45, 2.75) is 38.6 Å². The van der Waals surface area contributed by atoms with Crippen molar-refractivity contribution in [1.82, 2.24) is 0 Å². The summed E-state index contributed by atoms with van der Waals surface area (Å²) in [6.07, 6.45) is 8.93. The first-order chi connectivity index (χ1) is 10.8. The molecule has 122 valence electrons. The number of amides is 1. The van der Waals surface area contributed by atoms with Gasteiger partial charge >= 0.3 is 0 Å². The summed E-state index contributed by atoms with van der Waals surface area (Å²) >= 11 is 0. The Bertz CT molecular complexity index is 630. The van der Waals surface area contributed by atoms with Crippen molar-refractivity contribution in [3.8, 4) is 0 Å². The number of para-hydroxylation sites is 1. The van der Waals surface area contributed by atoms with Crippen LogP contribution in [-0.4, -0.2) is 12.5 Å². The number of hydrogen-bond acceptors (Lipinski definition) is 1. The molecule has 1 aliphatic heterocycles. The molecule has 0 aliphatic carbocycles. The lowest BCUT2D eigenvalue weighted by atomic mass is 10.0. The van der Waals surface area contributed by atoms with Crippen molar-refractivity contribution in [2.75, 3.05) is 11.4 Å². The van der Waals surface area contributed by atoms with Crippen LogP contribution in [0.4, 0.5) is 5.69 Å². The number of hydrogen-bond donors (Lipinski definition) is 0. The van der Waals surface area contributed by atoms with E-state index in [1.54, 1.807) is 0 Å². The minimum Gasteiger partial charge on any atom is -1.00 e. The number of halogens is 1. The van der Waals surface area contributed by atoms with Gasteiger partial charge in [-0.3, -0.25) is 4.79 Å². The minimum absolute atomic E-state index is 0. The molecular weight excluding hydrogens is 352 g/mol. The van der Waals surface area contributed by atoms with Crippen LogP contribution < -0.4 is 26.4 Å². The van der Waals surface area contributed by atoms with E-state index in [9.17, 15) is 4.79 Å². The van der Waals surface area contributed by atoms with Crippen LogP contribution in [0.2, 0.25) is 0 Å². The topological polar surface area (TPSA) is 24.2 Å². The molecule has 4 heteroatoms. The van der Waals surface area contributed by atoms with Crippen molar-refractivity contribution < 1.29 is 26.3 Å². The maximum atomic E-state index is 12.5. The SMILES string of the molecule is O=C(CCCC[n+]1ccccc1)N1CCCc2ccccc21.[Br-]. The van der Waals surface area contributed by atoms with Crippen molar-refractivity contribution in [1.29, 1.82) is 0 Å². The second kappa shape index (κ2) is 8.82. The van der Waals surface area contributed by atoms with Crippen molar-refractivity contribution in [3.05, 3.63) is 60.4 Å². The molecule has 0 saturated heterocycles. The molecule has 0 radical (unpaired) electrons. The molecule has 23 heavy (non-hydrogen) atoms. The number of aryl methyl sites for hydroxylation is 2. The van der Waals surface area contributed by atoms with Crippen LogP contribution in [0.15, 0.2) is 54.9 Å². The maximum Gasteiger partial charge on any atom is 0.226 e. The Morgan fingerprint density at radius 3 is 2.65 bits per heavy atom. The lowest BCUT2D eigenvalue weighted by Gasteiger charge is -2.29. The Morgan fingerprint density at radius 1 is 1.04 bits per heavy atom. The first kappa shape index (κ1) is 17.7. The summed E-state index contributed by atoms with van der Waals surface area (Å²) in [4.78, 5) is 14.5. The Balaban J connectivity index is 0.00000192. The largest absolute Gasteiger partial charge is 1.00 e. The summed E-state index contributed by atoms with van der Waals surface area (Å²) in [5.74, 6) is 0.269. The number of rotatable bonds is 5. The summed E-state index contributed by atoms with van der Waals surface area (Å²) in [5.41, 5.74) is 2.43. The van der Waals surface area contributed by atoms with Crippen LogP contribution in [0.1, 0.15) is 31.2 Å².